The van der Waals surface area contributed by atoms with Crippen LogP contribution in [0.5, 0.6) is 0 Å². The van der Waals surface area contributed by atoms with Gasteiger partial charge in [-0.3, -0.25) is 0 Å². The summed E-state index contributed by atoms with van der Waals surface area (Å²) in [4.78, 5) is 6.86. The second-order valence-electron chi connectivity index (χ2n) is 4.97. The van der Waals surface area contributed by atoms with E-state index in [1.807, 2.05) is 6.20 Å². The SMILES string of the molecule is CCCNCC1CCN(c2ccc(Br)cn2)CC1. The second kappa shape index (κ2) is 7.10. The van der Waals surface area contributed by atoms with Gasteiger partial charge in [-0.15, -0.1) is 0 Å². The number of pyridine rings is 1. The Kier molecular flexibility index (Phi) is 5.45. The number of hydrogen-bond donors (Lipinski definition) is 1. The van der Waals surface area contributed by atoms with Crippen molar-refractivity contribution in [3.63, 3.8) is 0 Å². The average Bonchev–Trinajstić information content (AvgIpc) is 2.41. The van der Waals surface area contributed by atoms with E-state index in [1.54, 1.807) is 0 Å². The van der Waals surface area contributed by atoms with Crippen LogP contribution in [0.4, 0.5) is 5.82 Å². The molecule has 0 bridgehead atoms. The van der Waals surface area contributed by atoms with E-state index in [9.17, 15) is 0 Å². The lowest BCUT2D eigenvalue weighted by molar-refractivity contribution is 0.382. The molecule has 1 aliphatic rings. The number of hydrogen-bond acceptors (Lipinski definition) is 3. The Hall–Kier alpha value is -0.610. The lowest BCUT2D eigenvalue weighted by Crippen LogP contribution is -2.37. The summed E-state index contributed by atoms with van der Waals surface area (Å²) in [6.45, 7) is 6.80. The van der Waals surface area contributed by atoms with E-state index < -0.39 is 0 Å². The van der Waals surface area contributed by atoms with Crippen molar-refractivity contribution in [1.29, 1.82) is 0 Å². The molecule has 18 heavy (non-hydrogen) atoms. The van der Waals surface area contributed by atoms with Gasteiger partial charge in [0.2, 0.25) is 0 Å². The van der Waals surface area contributed by atoms with Crippen molar-refractivity contribution in [1.82, 2.24) is 10.3 Å². The second-order valence-corrected chi connectivity index (χ2v) is 5.88. The monoisotopic (exact) mass is 311 g/mol. The van der Waals surface area contributed by atoms with Crippen LogP contribution in [0, 0.1) is 5.92 Å². The summed E-state index contributed by atoms with van der Waals surface area (Å²) in [5.41, 5.74) is 0. The number of piperidine rings is 1. The summed E-state index contributed by atoms with van der Waals surface area (Å²) in [6, 6.07) is 4.16. The van der Waals surface area contributed by atoms with Gasteiger partial charge in [-0.2, -0.15) is 0 Å². The van der Waals surface area contributed by atoms with Crippen molar-refractivity contribution in [2.75, 3.05) is 31.1 Å². The fourth-order valence-corrected chi connectivity index (χ4v) is 2.64. The zero-order chi connectivity index (χ0) is 12.8. The predicted octanol–water partition coefficient (Wildman–Crippen LogP) is 3.06. The van der Waals surface area contributed by atoms with Gasteiger partial charge < -0.3 is 10.2 Å². The fourth-order valence-electron chi connectivity index (χ4n) is 2.40. The van der Waals surface area contributed by atoms with Gasteiger partial charge in [0.1, 0.15) is 5.82 Å². The summed E-state index contributed by atoms with van der Waals surface area (Å²) in [5, 5.41) is 3.53. The lowest BCUT2D eigenvalue weighted by Gasteiger charge is -2.32. The standard InChI is InChI=1S/C14H22BrN3/c1-2-7-16-10-12-5-8-18(9-6-12)14-4-3-13(15)11-17-14/h3-4,11-12,16H,2,5-10H2,1H3. The molecule has 0 unspecified atom stereocenters. The van der Waals surface area contributed by atoms with E-state index in [0.29, 0.717) is 0 Å². The van der Waals surface area contributed by atoms with Crippen molar-refractivity contribution >= 4 is 21.7 Å². The van der Waals surface area contributed by atoms with Crippen molar-refractivity contribution in [2.24, 2.45) is 5.92 Å². The molecule has 0 spiro atoms. The minimum atomic E-state index is 0.836. The number of halogens is 1. The van der Waals surface area contributed by atoms with Crippen LogP contribution >= 0.6 is 15.9 Å². The smallest absolute Gasteiger partial charge is 0.128 e. The Bertz CT molecular complexity index is 345. The first-order valence-corrected chi connectivity index (χ1v) is 7.66. The predicted molar refractivity (Wildman–Crippen MR) is 80.0 cm³/mol. The Morgan fingerprint density at radius 3 is 2.78 bits per heavy atom. The van der Waals surface area contributed by atoms with Gasteiger partial charge >= 0.3 is 0 Å². The first-order chi connectivity index (χ1) is 8.79. The van der Waals surface area contributed by atoms with E-state index in [2.05, 4.69) is 50.2 Å². The van der Waals surface area contributed by atoms with E-state index in [4.69, 9.17) is 0 Å². The molecule has 2 rings (SSSR count). The van der Waals surface area contributed by atoms with Crippen LogP contribution in [0.15, 0.2) is 22.8 Å². The molecule has 0 atom stereocenters. The number of aromatic nitrogens is 1. The Balaban J connectivity index is 1.77. The molecule has 0 aliphatic carbocycles. The maximum atomic E-state index is 4.47. The zero-order valence-electron chi connectivity index (χ0n) is 11.0. The quantitative estimate of drug-likeness (QED) is 0.847. The highest BCUT2D eigenvalue weighted by Gasteiger charge is 2.19. The van der Waals surface area contributed by atoms with Crippen LogP contribution in [0.2, 0.25) is 0 Å². The molecule has 1 aliphatic heterocycles. The van der Waals surface area contributed by atoms with E-state index in [0.717, 1.165) is 35.8 Å². The molecule has 1 aromatic heterocycles. The van der Waals surface area contributed by atoms with Gasteiger partial charge in [0, 0.05) is 23.8 Å². The first kappa shape index (κ1) is 13.8. The average molecular weight is 312 g/mol. The zero-order valence-corrected chi connectivity index (χ0v) is 12.6. The molecule has 4 heteroatoms. The third-order valence-electron chi connectivity index (χ3n) is 3.51. The van der Waals surface area contributed by atoms with Crippen LogP contribution in [0.1, 0.15) is 26.2 Å². The molecule has 1 aromatic rings. The third kappa shape index (κ3) is 3.95. The number of nitrogens with zero attached hydrogens (tertiary/aromatic N) is 2. The van der Waals surface area contributed by atoms with Gasteiger partial charge in [-0.05, 0) is 66.3 Å². The minimum absolute atomic E-state index is 0.836. The summed E-state index contributed by atoms with van der Waals surface area (Å²) in [7, 11) is 0. The van der Waals surface area contributed by atoms with Crippen LogP contribution in [-0.4, -0.2) is 31.2 Å². The van der Waals surface area contributed by atoms with Crippen molar-refractivity contribution < 1.29 is 0 Å². The van der Waals surface area contributed by atoms with Crippen LogP contribution in [0.25, 0.3) is 0 Å². The molecule has 100 valence electrons. The first-order valence-electron chi connectivity index (χ1n) is 6.87. The van der Waals surface area contributed by atoms with E-state index >= 15 is 0 Å². The summed E-state index contributed by atoms with van der Waals surface area (Å²) >= 11 is 3.42. The maximum Gasteiger partial charge on any atom is 0.128 e. The van der Waals surface area contributed by atoms with Gasteiger partial charge in [0.15, 0.2) is 0 Å². The topological polar surface area (TPSA) is 28.2 Å². The molecule has 1 fully saturated rings. The normalized spacial score (nSPS) is 17.1. The Labute approximate surface area is 118 Å². The van der Waals surface area contributed by atoms with Gasteiger partial charge in [-0.25, -0.2) is 4.98 Å². The third-order valence-corrected chi connectivity index (χ3v) is 3.98. The van der Waals surface area contributed by atoms with Crippen molar-refractivity contribution in [2.45, 2.75) is 26.2 Å². The molecule has 0 aromatic carbocycles. The molecular weight excluding hydrogens is 290 g/mol. The molecular formula is C14H22BrN3. The summed E-state index contributed by atoms with van der Waals surface area (Å²) < 4.78 is 1.05. The molecule has 0 amide bonds. The summed E-state index contributed by atoms with van der Waals surface area (Å²) in [5.74, 6) is 1.95. The molecule has 2 heterocycles. The Morgan fingerprint density at radius 2 is 2.17 bits per heavy atom. The molecule has 1 N–H and O–H groups in total. The molecule has 0 saturated carbocycles. The number of anilines is 1. The lowest BCUT2D eigenvalue weighted by atomic mass is 9.97. The number of rotatable bonds is 5. The van der Waals surface area contributed by atoms with Crippen LogP contribution < -0.4 is 10.2 Å². The van der Waals surface area contributed by atoms with Crippen LogP contribution in [0.3, 0.4) is 0 Å². The van der Waals surface area contributed by atoms with Crippen molar-refractivity contribution in [3.05, 3.63) is 22.8 Å². The van der Waals surface area contributed by atoms with Crippen molar-refractivity contribution in [3.8, 4) is 0 Å². The fraction of sp³-hybridized carbons (Fsp3) is 0.643. The highest BCUT2D eigenvalue weighted by Crippen LogP contribution is 2.22. The van der Waals surface area contributed by atoms with E-state index in [-0.39, 0.29) is 0 Å². The minimum Gasteiger partial charge on any atom is -0.357 e. The molecule has 1 saturated heterocycles. The largest absolute Gasteiger partial charge is 0.357 e. The number of nitrogens with one attached hydrogen (secondary N) is 1. The highest BCUT2D eigenvalue weighted by molar-refractivity contribution is 9.10. The summed E-state index contributed by atoms with van der Waals surface area (Å²) in [6.07, 6.45) is 5.65. The van der Waals surface area contributed by atoms with Gasteiger partial charge in [0.05, 0.1) is 0 Å². The van der Waals surface area contributed by atoms with E-state index in [1.165, 1.54) is 25.8 Å². The molecule has 0 radical (unpaired) electrons. The Morgan fingerprint density at radius 1 is 1.39 bits per heavy atom. The highest BCUT2D eigenvalue weighted by atomic mass is 79.9. The van der Waals surface area contributed by atoms with Crippen LogP contribution in [-0.2, 0) is 0 Å². The molecule has 3 nitrogen and oxygen atoms in total. The van der Waals surface area contributed by atoms with Gasteiger partial charge in [-0.1, -0.05) is 6.92 Å². The van der Waals surface area contributed by atoms with Gasteiger partial charge in [0.25, 0.3) is 0 Å². The maximum absolute atomic E-state index is 4.47.